The number of ether oxygens (including phenoxy) is 1. The monoisotopic (exact) mass is 423 g/mol. The molecular weight excluding hydrogens is 401 g/mol. The fourth-order valence-electron chi connectivity index (χ4n) is 3.30. The molecule has 0 saturated carbocycles. The molecule has 8 nitrogen and oxygen atoms in total. The summed E-state index contributed by atoms with van der Waals surface area (Å²) in [5, 5.41) is 2.59. The summed E-state index contributed by atoms with van der Waals surface area (Å²) in [7, 11) is -1.27. The number of nitrogens with one attached hydrogen (secondary N) is 1. The van der Waals surface area contributed by atoms with Crippen LogP contribution in [0.1, 0.15) is 28.9 Å². The SMILES string of the molecule is COC(=O)c1cc(S(=O)(=O)N2CCC[C@@H]2C(=O)Nc2ccc(C)c(F)c2)cn1C. The highest BCUT2D eigenvalue weighted by Crippen LogP contribution is 2.28. The topological polar surface area (TPSA) is 97.7 Å². The van der Waals surface area contributed by atoms with E-state index in [2.05, 4.69) is 10.1 Å². The van der Waals surface area contributed by atoms with Gasteiger partial charge in [0.25, 0.3) is 0 Å². The molecule has 1 aliphatic rings. The van der Waals surface area contributed by atoms with Crippen molar-refractivity contribution in [2.75, 3.05) is 19.0 Å². The minimum absolute atomic E-state index is 0.0846. The maximum Gasteiger partial charge on any atom is 0.354 e. The molecule has 1 amide bonds. The van der Waals surface area contributed by atoms with E-state index >= 15 is 0 Å². The average Bonchev–Trinajstić information content (AvgIpc) is 3.32. The molecule has 0 radical (unpaired) electrons. The van der Waals surface area contributed by atoms with E-state index in [1.807, 2.05) is 0 Å². The van der Waals surface area contributed by atoms with Gasteiger partial charge >= 0.3 is 5.97 Å². The molecule has 1 saturated heterocycles. The summed E-state index contributed by atoms with van der Waals surface area (Å²) in [6, 6.07) is 4.59. The van der Waals surface area contributed by atoms with Gasteiger partial charge in [-0.25, -0.2) is 17.6 Å². The summed E-state index contributed by atoms with van der Waals surface area (Å²) in [5.41, 5.74) is 0.787. The molecule has 0 bridgehead atoms. The first kappa shape index (κ1) is 21.0. The van der Waals surface area contributed by atoms with Gasteiger partial charge in [0.15, 0.2) is 0 Å². The molecule has 29 heavy (non-hydrogen) atoms. The lowest BCUT2D eigenvalue weighted by atomic mass is 10.2. The van der Waals surface area contributed by atoms with Crippen LogP contribution < -0.4 is 5.32 Å². The number of esters is 1. The number of amides is 1. The highest BCUT2D eigenvalue weighted by atomic mass is 32.2. The van der Waals surface area contributed by atoms with Crippen molar-refractivity contribution in [3.05, 3.63) is 47.5 Å². The van der Waals surface area contributed by atoms with Gasteiger partial charge in [0.1, 0.15) is 22.4 Å². The lowest BCUT2D eigenvalue weighted by Crippen LogP contribution is -2.43. The third-order valence-electron chi connectivity index (χ3n) is 4.93. The Morgan fingerprint density at radius 2 is 2.00 bits per heavy atom. The predicted molar refractivity (Wildman–Crippen MR) is 103 cm³/mol. The van der Waals surface area contributed by atoms with Crippen molar-refractivity contribution in [3.8, 4) is 0 Å². The zero-order chi connectivity index (χ0) is 21.3. The Labute approximate surface area is 168 Å². The molecule has 156 valence electrons. The summed E-state index contributed by atoms with van der Waals surface area (Å²) in [6.07, 6.45) is 2.16. The third-order valence-corrected chi connectivity index (χ3v) is 6.80. The maximum absolute atomic E-state index is 13.7. The molecule has 2 aromatic rings. The van der Waals surface area contributed by atoms with Gasteiger partial charge in [0.2, 0.25) is 15.9 Å². The molecule has 10 heteroatoms. The molecule has 1 aromatic carbocycles. The lowest BCUT2D eigenvalue weighted by Gasteiger charge is -2.23. The number of benzene rings is 1. The Balaban J connectivity index is 1.84. The second kappa shape index (κ2) is 7.96. The predicted octanol–water partition coefficient (Wildman–Crippen LogP) is 2.05. The standard InChI is InChI=1S/C19H22FN3O5S/c1-12-6-7-13(9-15(12)20)21-18(24)16-5-4-8-23(16)29(26,27)14-10-17(19(25)28-3)22(2)11-14/h6-7,9-11,16H,4-5,8H2,1-3H3,(H,21,24)/t16-/m1/s1. The number of carbonyl (C=O) groups is 2. The summed E-state index contributed by atoms with van der Waals surface area (Å²) in [6.45, 7) is 1.78. The minimum Gasteiger partial charge on any atom is -0.464 e. The van der Waals surface area contributed by atoms with Crippen molar-refractivity contribution in [3.63, 3.8) is 0 Å². The second-order valence-corrected chi connectivity index (χ2v) is 8.78. The van der Waals surface area contributed by atoms with Gasteiger partial charge in [0, 0.05) is 25.5 Å². The van der Waals surface area contributed by atoms with Crippen LogP contribution in [-0.2, 0) is 26.6 Å². The number of carbonyl (C=O) groups excluding carboxylic acids is 2. The molecule has 0 aliphatic carbocycles. The van der Waals surface area contributed by atoms with Crippen molar-refractivity contribution in [2.24, 2.45) is 7.05 Å². The van der Waals surface area contributed by atoms with Gasteiger partial charge in [-0.1, -0.05) is 6.07 Å². The van der Waals surface area contributed by atoms with Crippen LogP contribution in [0.15, 0.2) is 35.4 Å². The Kier molecular flexibility index (Phi) is 5.76. The van der Waals surface area contributed by atoms with Crippen LogP contribution in [-0.4, -0.2) is 48.9 Å². The van der Waals surface area contributed by atoms with E-state index in [4.69, 9.17) is 0 Å². The first-order chi connectivity index (χ1) is 13.6. The number of anilines is 1. The van der Waals surface area contributed by atoms with Crippen LogP contribution in [0.2, 0.25) is 0 Å². The number of sulfonamides is 1. The van der Waals surface area contributed by atoms with Crippen LogP contribution in [0.5, 0.6) is 0 Å². The number of nitrogens with zero attached hydrogens (tertiary/aromatic N) is 2. The summed E-state index contributed by atoms with van der Waals surface area (Å²) >= 11 is 0. The molecule has 0 unspecified atom stereocenters. The molecule has 1 aliphatic heterocycles. The van der Waals surface area contributed by atoms with E-state index < -0.39 is 33.8 Å². The zero-order valence-electron chi connectivity index (χ0n) is 16.3. The van der Waals surface area contributed by atoms with Gasteiger partial charge in [-0.2, -0.15) is 4.31 Å². The largest absolute Gasteiger partial charge is 0.464 e. The molecule has 1 atom stereocenters. The molecule has 1 fully saturated rings. The Morgan fingerprint density at radius 1 is 1.28 bits per heavy atom. The number of methoxy groups -OCH3 is 1. The lowest BCUT2D eigenvalue weighted by molar-refractivity contribution is -0.119. The van der Waals surface area contributed by atoms with Gasteiger partial charge < -0.3 is 14.6 Å². The molecule has 1 aromatic heterocycles. The molecule has 3 rings (SSSR count). The maximum atomic E-state index is 13.7. The van der Waals surface area contributed by atoms with Gasteiger partial charge in [0.05, 0.1) is 7.11 Å². The molecular formula is C19H22FN3O5S. The molecule has 0 spiro atoms. The fraction of sp³-hybridized carbons (Fsp3) is 0.368. The van der Waals surface area contributed by atoms with E-state index in [1.54, 1.807) is 13.0 Å². The number of hydrogen-bond donors (Lipinski definition) is 1. The van der Waals surface area contributed by atoms with E-state index in [1.165, 1.54) is 43.1 Å². The van der Waals surface area contributed by atoms with Crippen LogP contribution in [0.3, 0.4) is 0 Å². The fourth-order valence-corrected chi connectivity index (χ4v) is 5.03. The molecule has 2 heterocycles. The quantitative estimate of drug-likeness (QED) is 0.743. The van der Waals surface area contributed by atoms with Crippen LogP contribution in [0.25, 0.3) is 0 Å². The summed E-state index contributed by atoms with van der Waals surface area (Å²) in [4.78, 5) is 24.4. The minimum atomic E-state index is -4.01. The van der Waals surface area contributed by atoms with Crippen molar-refractivity contribution in [1.82, 2.24) is 8.87 Å². The van der Waals surface area contributed by atoms with E-state index in [0.29, 0.717) is 18.4 Å². The van der Waals surface area contributed by atoms with E-state index in [-0.39, 0.29) is 22.8 Å². The van der Waals surface area contributed by atoms with Crippen molar-refractivity contribution in [1.29, 1.82) is 0 Å². The average molecular weight is 423 g/mol. The number of aromatic nitrogens is 1. The van der Waals surface area contributed by atoms with Crippen LogP contribution in [0.4, 0.5) is 10.1 Å². The van der Waals surface area contributed by atoms with Crippen LogP contribution in [0, 0.1) is 12.7 Å². The normalized spacial score (nSPS) is 17.3. The third kappa shape index (κ3) is 4.03. The van der Waals surface area contributed by atoms with Gasteiger partial charge in [-0.05, 0) is 43.5 Å². The highest BCUT2D eigenvalue weighted by molar-refractivity contribution is 7.89. The Morgan fingerprint density at radius 3 is 2.66 bits per heavy atom. The van der Waals surface area contributed by atoms with E-state index in [0.717, 1.165) is 4.31 Å². The summed E-state index contributed by atoms with van der Waals surface area (Å²) < 4.78 is 47.0. The second-order valence-electron chi connectivity index (χ2n) is 6.89. The number of aryl methyl sites for hydroxylation is 2. The number of rotatable bonds is 5. The van der Waals surface area contributed by atoms with Gasteiger partial charge in [-0.15, -0.1) is 0 Å². The Bertz CT molecular complexity index is 1060. The van der Waals surface area contributed by atoms with Crippen molar-refractivity contribution < 1.29 is 27.1 Å². The van der Waals surface area contributed by atoms with E-state index in [9.17, 15) is 22.4 Å². The Hall–Kier alpha value is -2.72. The summed E-state index contributed by atoms with van der Waals surface area (Å²) in [5.74, 6) is -1.65. The zero-order valence-corrected chi connectivity index (χ0v) is 17.1. The first-order valence-electron chi connectivity index (χ1n) is 8.98. The van der Waals surface area contributed by atoms with Gasteiger partial charge in [-0.3, -0.25) is 4.79 Å². The molecule has 1 N–H and O–H groups in total. The smallest absolute Gasteiger partial charge is 0.354 e. The highest BCUT2D eigenvalue weighted by Gasteiger charge is 2.40. The number of halogens is 1. The van der Waals surface area contributed by atoms with Crippen molar-refractivity contribution in [2.45, 2.75) is 30.7 Å². The van der Waals surface area contributed by atoms with Crippen molar-refractivity contribution >= 4 is 27.6 Å². The van der Waals surface area contributed by atoms with Crippen LogP contribution >= 0.6 is 0 Å². The first-order valence-corrected chi connectivity index (χ1v) is 10.4. The number of hydrogen-bond acceptors (Lipinski definition) is 5.